The van der Waals surface area contributed by atoms with Crippen LogP contribution in [-0.2, 0) is 26.0 Å². The van der Waals surface area contributed by atoms with E-state index >= 15 is 0 Å². The first-order valence-corrected chi connectivity index (χ1v) is 13.0. The molecule has 1 fully saturated rings. The number of amides is 2. The number of fused-ring (bicyclic) bond motifs is 1. The monoisotopic (exact) mass is 489 g/mol. The van der Waals surface area contributed by atoms with Gasteiger partial charge in [0.1, 0.15) is 0 Å². The molecule has 2 heterocycles. The van der Waals surface area contributed by atoms with Crippen molar-refractivity contribution in [3.8, 4) is 0 Å². The minimum absolute atomic E-state index is 0.0487. The first kappa shape index (κ1) is 23.7. The number of hydrogen-bond acceptors (Lipinski definition) is 4. The van der Waals surface area contributed by atoms with E-state index < -0.39 is 15.9 Å². The molecule has 2 aromatic rings. The highest BCUT2D eigenvalue weighted by atomic mass is 35.5. The fourth-order valence-corrected chi connectivity index (χ4v) is 6.39. The summed E-state index contributed by atoms with van der Waals surface area (Å²) >= 11 is 5.99. The van der Waals surface area contributed by atoms with Crippen LogP contribution in [0.2, 0.25) is 5.02 Å². The second-order valence-corrected chi connectivity index (χ2v) is 11.1. The summed E-state index contributed by atoms with van der Waals surface area (Å²) in [5, 5.41) is 3.51. The summed E-state index contributed by atoms with van der Waals surface area (Å²) in [7, 11) is -3.75. The van der Waals surface area contributed by atoms with Gasteiger partial charge >= 0.3 is 0 Å². The molecule has 0 bridgehead atoms. The van der Waals surface area contributed by atoms with E-state index in [-0.39, 0.29) is 23.3 Å². The maximum absolute atomic E-state index is 13.4. The van der Waals surface area contributed by atoms with E-state index in [4.69, 9.17) is 11.6 Å². The smallest absolute Gasteiger partial charge is 0.243 e. The van der Waals surface area contributed by atoms with Gasteiger partial charge in [-0.25, -0.2) is 8.42 Å². The third-order valence-corrected chi connectivity index (χ3v) is 8.48. The zero-order chi connectivity index (χ0) is 23.8. The Bertz CT molecular complexity index is 1200. The van der Waals surface area contributed by atoms with Crippen LogP contribution in [-0.4, -0.2) is 44.2 Å². The molecule has 1 N–H and O–H groups in total. The average molecular weight is 490 g/mol. The lowest BCUT2D eigenvalue weighted by Crippen LogP contribution is -2.43. The van der Waals surface area contributed by atoms with Crippen molar-refractivity contribution in [3.63, 3.8) is 0 Å². The molecule has 0 spiro atoms. The standard InChI is InChI=1S/C24H28ClN3O4S/c1-16-13-20(25)7-9-22(16)26-24(30)19-6-3-11-27(15-19)33(31,32)21-8-10-23-18(14-21)5-4-12-28(23)17(2)29/h7-10,13-14,19H,3-6,11-12,15H2,1-2H3,(H,26,30)/t19-/m1/s1. The lowest BCUT2D eigenvalue weighted by atomic mass is 9.98. The molecule has 0 saturated carbocycles. The maximum atomic E-state index is 13.4. The summed E-state index contributed by atoms with van der Waals surface area (Å²) in [4.78, 5) is 26.7. The number of piperidine rings is 1. The van der Waals surface area contributed by atoms with Crippen molar-refractivity contribution in [1.29, 1.82) is 0 Å². The van der Waals surface area contributed by atoms with E-state index in [2.05, 4.69) is 5.32 Å². The van der Waals surface area contributed by atoms with Crippen LogP contribution in [0.1, 0.15) is 37.3 Å². The topological polar surface area (TPSA) is 86.8 Å². The Kier molecular flexibility index (Phi) is 6.79. The highest BCUT2D eigenvalue weighted by molar-refractivity contribution is 7.89. The molecule has 0 aromatic heterocycles. The van der Waals surface area contributed by atoms with Gasteiger partial charge in [0.15, 0.2) is 0 Å². The van der Waals surface area contributed by atoms with Gasteiger partial charge in [-0.3, -0.25) is 9.59 Å². The van der Waals surface area contributed by atoms with E-state index in [0.29, 0.717) is 36.6 Å². The quantitative estimate of drug-likeness (QED) is 0.703. The molecule has 1 saturated heterocycles. The number of nitrogens with zero attached hydrogens (tertiary/aromatic N) is 2. The second kappa shape index (κ2) is 9.44. The van der Waals surface area contributed by atoms with Gasteiger partial charge in [-0.05, 0) is 80.1 Å². The predicted octanol–water partition coefficient (Wildman–Crippen LogP) is 3.99. The molecule has 2 aromatic carbocycles. The Balaban J connectivity index is 1.51. The number of nitrogens with one attached hydrogen (secondary N) is 1. The highest BCUT2D eigenvalue weighted by Gasteiger charge is 2.34. The van der Waals surface area contributed by atoms with Crippen molar-refractivity contribution in [1.82, 2.24) is 4.31 Å². The van der Waals surface area contributed by atoms with Crippen LogP contribution in [0.15, 0.2) is 41.3 Å². The van der Waals surface area contributed by atoms with E-state index in [9.17, 15) is 18.0 Å². The first-order chi connectivity index (χ1) is 15.7. The molecule has 0 radical (unpaired) electrons. The molecule has 0 aliphatic carbocycles. The highest BCUT2D eigenvalue weighted by Crippen LogP contribution is 2.32. The minimum atomic E-state index is -3.75. The summed E-state index contributed by atoms with van der Waals surface area (Å²) in [6, 6.07) is 10.2. The number of benzene rings is 2. The molecular formula is C24H28ClN3O4S. The number of halogens is 1. The Morgan fingerprint density at radius 3 is 2.61 bits per heavy atom. The molecule has 2 aliphatic rings. The molecule has 0 unspecified atom stereocenters. The van der Waals surface area contributed by atoms with Gasteiger partial charge < -0.3 is 10.2 Å². The number of carbonyl (C=O) groups excluding carboxylic acids is 2. The minimum Gasteiger partial charge on any atom is -0.326 e. The van der Waals surface area contributed by atoms with Crippen LogP contribution in [0.25, 0.3) is 0 Å². The number of anilines is 2. The van der Waals surface area contributed by atoms with Gasteiger partial charge in [0.25, 0.3) is 0 Å². The van der Waals surface area contributed by atoms with Gasteiger partial charge in [0.2, 0.25) is 21.8 Å². The fourth-order valence-electron chi connectivity index (χ4n) is 4.59. The lowest BCUT2D eigenvalue weighted by Gasteiger charge is -2.32. The van der Waals surface area contributed by atoms with Gasteiger partial charge in [0.05, 0.1) is 10.8 Å². The third kappa shape index (κ3) is 4.93. The summed E-state index contributed by atoms with van der Waals surface area (Å²) in [6.45, 7) is 4.54. The summed E-state index contributed by atoms with van der Waals surface area (Å²) < 4.78 is 28.2. The normalized spacial score (nSPS) is 19.1. The third-order valence-electron chi connectivity index (χ3n) is 6.39. The predicted molar refractivity (Wildman–Crippen MR) is 129 cm³/mol. The molecule has 7 nitrogen and oxygen atoms in total. The van der Waals surface area contributed by atoms with E-state index in [0.717, 1.165) is 29.7 Å². The second-order valence-electron chi connectivity index (χ2n) is 8.72. The van der Waals surface area contributed by atoms with Crippen molar-refractivity contribution in [3.05, 3.63) is 52.5 Å². The van der Waals surface area contributed by atoms with Gasteiger partial charge in [-0.1, -0.05) is 11.6 Å². The maximum Gasteiger partial charge on any atom is 0.243 e. The zero-order valence-electron chi connectivity index (χ0n) is 18.8. The van der Waals surface area contributed by atoms with Crippen LogP contribution < -0.4 is 10.2 Å². The van der Waals surface area contributed by atoms with Gasteiger partial charge in [-0.15, -0.1) is 0 Å². The molecule has 2 aliphatic heterocycles. The van der Waals surface area contributed by atoms with Crippen molar-refractivity contribution < 1.29 is 18.0 Å². The molecular weight excluding hydrogens is 462 g/mol. The van der Waals surface area contributed by atoms with E-state index in [1.54, 1.807) is 41.3 Å². The lowest BCUT2D eigenvalue weighted by molar-refractivity contribution is -0.121. The summed E-state index contributed by atoms with van der Waals surface area (Å²) in [6.07, 6.45) is 2.77. The van der Waals surface area contributed by atoms with Crippen molar-refractivity contribution in [2.24, 2.45) is 5.92 Å². The van der Waals surface area contributed by atoms with Crippen LogP contribution in [0.3, 0.4) is 0 Å². The number of rotatable bonds is 4. The first-order valence-electron chi connectivity index (χ1n) is 11.1. The Morgan fingerprint density at radius 1 is 1.09 bits per heavy atom. The molecule has 1 atom stereocenters. The summed E-state index contributed by atoms with van der Waals surface area (Å²) in [5.74, 6) is -0.676. The number of sulfonamides is 1. The molecule has 9 heteroatoms. The van der Waals surface area contributed by atoms with Crippen molar-refractivity contribution >= 4 is 44.8 Å². The van der Waals surface area contributed by atoms with E-state index in [1.807, 2.05) is 6.92 Å². The number of carbonyl (C=O) groups is 2. The van der Waals surface area contributed by atoms with Crippen LogP contribution in [0, 0.1) is 12.8 Å². The number of hydrogen-bond donors (Lipinski definition) is 1. The largest absolute Gasteiger partial charge is 0.326 e. The Hall–Kier alpha value is -2.42. The van der Waals surface area contributed by atoms with Crippen molar-refractivity contribution in [2.45, 2.75) is 44.4 Å². The van der Waals surface area contributed by atoms with Gasteiger partial charge in [-0.2, -0.15) is 4.31 Å². The molecule has 176 valence electrons. The summed E-state index contributed by atoms with van der Waals surface area (Å²) in [5.41, 5.74) is 3.17. The molecule has 33 heavy (non-hydrogen) atoms. The van der Waals surface area contributed by atoms with Gasteiger partial charge in [0, 0.05) is 43.0 Å². The van der Waals surface area contributed by atoms with Crippen LogP contribution in [0.5, 0.6) is 0 Å². The molecule has 2 amide bonds. The Labute approximate surface area is 199 Å². The Morgan fingerprint density at radius 2 is 1.88 bits per heavy atom. The SMILES string of the molecule is CC(=O)N1CCCc2cc(S(=O)(=O)N3CCC[C@@H](C(=O)Nc4ccc(Cl)cc4C)C3)ccc21. The van der Waals surface area contributed by atoms with Crippen LogP contribution >= 0.6 is 11.6 Å². The zero-order valence-corrected chi connectivity index (χ0v) is 20.4. The number of aryl methyl sites for hydroxylation is 2. The van der Waals surface area contributed by atoms with Crippen LogP contribution in [0.4, 0.5) is 11.4 Å². The average Bonchev–Trinajstić information content (AvgIpc) is 2.80. The fraction of sp³-hybridized carbons (Fsp3) is 0.417. The van der Waals surface area contributed by atoms with E-state index in [1.165, 1.54) is 11.2 Å². The van der Waals surface area contributed by atoms with Crippen molar-refractivity contribution in [2.75, 3.05) is 29.9 Å². The molecule has 4 rings (SSSR count).